The lowest BCUT2D eigenvalue weighted by Gasteiger charge is -2.01. The first-order valence-electron chi connectivity index (χ1n) is 6.75. The van der Waals surface area contributed by atoms with Crippen molar-refractivity contribution in [1.82, 2.24) is 20.4 Å². The summed E-state index contributed by atoms with van der Waals surface area (Å²) in [5.74, 6) is -0.835. The van der Waals surface area contributed by atoms with E-state index in [-0.39, 0.29) is 24.0 Å². The van der Waals surface area contributed by atoms with Crippen molar-refractivity contribution in [1.29, 1.82) is 0 Å². The van der Waals surface area contributed by atoms with Gasteiger partial charge < -0.3 is 10.2 Å². The predicted molar refractivity (Wildman–Crippen MR) is 83.0 cm³/mol. The number of phenols is 2. The number of nitrogens with one attached hydrogen (secondary N) is 1. The normalized spacial score (nSPS) is 11.1. The van der Waals surface area contributed by atoms with E-state index in [2.05, 4.69) is 20.8 Å². The van der Waals surface area contributed by atoms with Crippen LogP contribution >= 0.6 is 0 Å². The molecule has 0 aliphatic rings. The highest BCUT2D eigenvalue weighted by Gasteiger charge is 2.07. The summed E-state index contributed by atoms with van der Waals surface area (Å²) in [6, 6.07) is 11.5. The second-order valence-corrected chi connectivity index (χ2v) is 4.78. The topological polar surface area (TPSA) is 113 Å². The number of benzene rings is 2. The first-order valence-corrected chi connectivity index (χ1v) is 6.75. The zero-order chi connectivity index (χ0) is 16.2. The molecule has 23 heavy (non-hydrogen) atoms. The molecule has 116 valence electrons. The van der Waals surface area contributed by atoms with Crippen LogP contribution in [0.15, 0.2) is 47.6 Å². The molecule has 0 saturated heterocycles. The molecule has 0 spiro atoms. The molecule has 2 aromatic carbocycles. The number of hydrogen-bond donors (Lipinski definition) is 3. The van der Waals surface area contributed by atoms with Crippen molar-refractivity contribution in [2.24, 2.45) is 5.10 Å². The Morgan fingerprint density at radius 2 is 2.04 bits per heavy atom. The third-order valence-corrected chi connectivity index (χ3v) is 3.12. The van der Waals surface area contributed by atoms with Gasteiger partial charge in [-0.1, -0.05) is 17.3 Å². The first kappa shape index (κ1) is 14.5. The lowest BCUT2D eigenvalue weighted by Crippen LogP contribution is -2.23. The molecule has 1 amide bonds. The zero-order valence-electron chi connectivity index (χ0n) is 11.9. The number of nitrogens with zero attached hydrogens (tertiary/aromatic N) is 4. The Bertz CT molecular complexity index is 888. The van der Waals surface area contributed by atoms with E-state index < -0.39 is 0 Å². The molecule has 0 saturated carbocycles. The van der Waals surface area contributed by atoms with Crippen LogP contribution in [0.25, 0.3) is 11.0 Å². The number of hydrazone groups is 1. The summed E-state index contributed by atoms with van der Waals surface area (Å²) in [6.45, 7) is -0.0152. The number of aromatic nitrogens is 3. The molecule has 3 rings (SSSR count). The highest BCUT2D eigenvalue weighted by molar-refractivity contribution is 5.84. The maximum atomic E-state index is 11.9. The number of amides is 1. The van der Waals surface area contributed by atoms with Crippen molar-refractivity contribution in [2.75, 3.05) is 0 Å². The Hall–Kier alpha value is -3.42. The molecule has 0 radical (unpaired) electrons. The van der Waals surface area contributed by atoms with Gasteiger partial charge in [-0.15, -0.1) is 5.10 Å². The highest BCUT2D eigenvalue weighted by atomic mass is 16.3. The fraction of sp³-hybridized carbons (Fsp3) is 0.0667. The van der Waals surface area contributed by atoms with Crippen LogP contribution < -0.4 is 5.43 Å². The van der Waals surface area contributed by atoms with E-state index in [4.69, 9.17) is 0 Å². The van der Waals surface area contributed by atoms with Crippen LogP contribution in [0.1, 0.15) is 5.56 Å². The maximum absolute atomic E-state index is 11.9. The van der Waals surface area contributed by atoms with E-state index in [1.165, 1.54) is 23.0 Å². The average molecular weight is 311 g/mol. The van der Waals surface area contributed by atoms with E-state index in [1.807, 2.05) is 24.3 Å². The van der Waals surface area contributed by atoms with Crippen molar-refractivity contribution < 1.29 is 15.0 Å². The van der Waals surface area contributed by atoms with Gasteiger partial charge in [0.15, 0.2) is 11.5 Å². The lowest BCUT2D eigenvalue weighted by atomic mass is 10.2. The summed E-state index contributed by atoms with van der Waals surface area (Å²) in [5.41, 5.74) is 4.37. The van der Waals surface area contributed by atoms with Crippen LogP contribution in [0.3, 0.4) is 0 Å². The molecule has 0 aliphatic heterocycles. The van der Waals surface area contributed by atoms with Crippen LogP contribution in [0.5, 0.6) is 11.5 Å². The lowest BCUT2D eigenvalue weighted by molar-refractivity contribution is -0.121. The Balaban J connectivity index is 1.63. The van der Waals surface area contributed by atoms with Gasteiger partial charge in [-0.25, -0.2) is 10.1 Å². The number of carbonyl (C=O) groups excluding carboxylic acids is 1. The summed E-state index contributed by atoms with van der Waals surface area (Å²) in [5, 5.41) is 30.2. The molecule has 8 heteroatoms. The zero-order valence-corrected chi connectivity index (χ0v) is 11.9. The number of para-hydroxylation sites is 1. The molecule has 0 bridgehead atoms. The number of phenolic OH excluding ortho intramolecular Hbond substituents is 2. The first-order chi connectivity index (χ1) is 11.1. The van der Waals surface area contributed by atoms with Gasteiger partial charge in [0.25, 0.3) is 5.91 Å². The van der Waals surface area contributed by atoms with Crippen LogP contribution in [0, 0.1) is 0 Å². The van der Waals surface area contributed by atoms with E-state index >= 15 is 0 Å². The number of fused-ring (bicyclic) bond motifs is 1. The fourth-order valence-electron chi connectivity index (χ4n) is 2.01. The Morgan fingerprint density at radius 1 is 1.22 bits per heavy atom. The van der Waals surface area contributed by atoms with Crippen LogP contribution in [0.2, 0.25) is 0 Å². The van der Waals surface area contributed by atoms with E-state index in [1.54, 1.807) is 6.07 Å². The average Bonchev–Trinajstić information content (AvgIpc) is 2.94. The monoisotopic (exact) mass is 311 g/mol. The largest absolute Gasteiger partial charge is 0.504 e. The van der Waals surface area contributed by atoms with Crippen molar-refractivity contribution in [3.63, 3.8) is 0 Å². The summed E-state index contributed by atoms with van der Waals surface area (Å²) in [6.07, 6.45) is 1.36. The van der Waals surface area contributed by atoms with Gasteiger partial charge in [0, 0.05) is 0 Å². The van der Waals surface area contributed by atoms with Gasteiger partial charge in [-0.3, -0.25) is 4.79 Å². The Kier molecular flexibility index (Phi) is 3.88. The van der Waals surface area contributed by atoms with Crippen LogP contribution in [0.4, 0.5) is 0 Å². The van der Waals surface area contributed by atoms with Gasteiger partial charge in [0.2, 0.25) is 0 Å². The van der Waals surface area contributed by atoms with Gasteiger partial charge in [0.05, 0.1) is 11.7 Å². The maximum Gasteiger partial charge on any atom is 0.261 e. The number of hydrogen-bond acceptors (Lipinski definition) is 6. The molecule has 1 aromatic heterocycles. The molecule has 3 N–H and O–H groups in total. The summed E-state index contributed by atoms with van der Waals surface area (Å²) < 4.78 is 1.48. The highest BCUT2D eigenvalue weighted by Crippen LogP contribution is 2.23. The van der Waals surface area contributed by atoms with E-state index in [0.29, 0.717) is 11.1 Å². The molecular formula is C15H13N5O3. The van der Waals surface area contributed by atoms with Gasteiger partial charge >= 0.3 is 0 Å². The second-order valence-electron chi connectivity index (χ2n) is 4.78. The van der Waals surface area contributed by atoms with Crippen molar-refractivity contribution in [3.8, 4) is 11.5 Å². The van der Waals surface area contributed by atoms with Crippen molar-refractivity contribution >= 4 is 23.2 Å². The minimum Gasteiger partial charge on any atom is -0.504 e. The molecular weight excluding hydrogens is 298 g/mol. The van der Waals surface area contributed by atoms with Gasteiger partial charge in [-0.2, -0.15) is 5.10 Å². The minimum atomic E-state index is -0.361. The van der Waals surface area contributed by atoms with Crippen molar-refractivity contribution in [3.05, 3.63) is 48.0 Å². The number of aromatic hydroxyl groups is 2. The fourth-order valence-corrected chi connectivity index (χ4v) is 2.01. The van der Waals surface area contributed by atoms with Gasteiger partial charge in [-0.05, 0) is 35.9 Å². The molecule has 3 aromatic rings. The molecule has 0 unspecified atom stereocenters. The molecule has 0 aliphatic carbocycles. The Morgan fingerprint density at radius 3 is 2.87 bits per heavy atom. The summed E-state index contributed by atoms with van der Waals surface area (Å²) in [7, 11) is 0. The van der Waals surface area contributed by atoms with Crippen LogP contribution in [-0.2, 0) is 11.3 Å². The van der Waals surface area contributed by atoms with Gasteiger partial charge in [0.1, 0.15) is 12.1 Å². The van der Waals surface area contributed by atoms with Crippen LogP contribution in [-0.4, -0.2) is 37.3 Å². The smallest absolute Gasteiger partial charge is 0.261 e. The van der Waals surface area contributed by atoms with E-state index in [0.717, 1.165) is 5.52 Å². The third kappa shape index (κ3) is 3.26. The summed E-state index contributed by atoms with van der Waals surface area (Å²) >= 11 is 0. The minimum absolute atomic E-state index is 0.0152. The van der Waals surface area contributed by atoms with E-state index in [9.17, 15) is 15.0 Å². The molecule has 8 nitrogen and oxygen atoms in total. The SMILES string of the molecule is O=C(Cn1nnc2ccccc21)NN=Cc1ccc(O)c(O)c1. The quantitative estimate of drug-likeness (QED) is 0.378. The standard InChI is InChI=1S/C15H13N5O3/c21-13-6-5-10(7-14(13)22)8-16-18-15(23)9-20-12-4-2-1-3-11(12)17-19-20/h1-8,21-22H,9H2,(H,18,23). The number of carbonyl (C=O) groups is 1. The second kappa shape index (κ2) is 6.14. The molecule has 0 atom stereocenters. The Labute approximate surface area is 130 Å². The predicted octanol–water partition coefficient (Wildman–Crippen LogP) is 0.993. The number of rotatable bonds is 4. The third-order valence-electron chi connectivity index (χ3n) is 3.12. The molecule has 0 fully saturated rings. The van der Waals surface area contributed by atoms with Crippen molar-refractivity contribution in [2.45, 2.75) is 6.54 Å². The summed E-state index contributed by atoms with van der Waals surface area (Å²) in [4.78, 5) is 11.9. The molecule has 1 heterocycles.